The van der Waals surface area contributed by atoms with E-state index in [0.717, 1.165) is 6.26 Å². The van der Waals surface area contributed by atoms with Crippen molar-refractivity contribution in [3.8, 4) is 0 Å². The number of sulfonamides is 1. The fraction of sp³-hybridized carbons (Fsp3) is 0.818. The van der Waals surface area contributed by atoms with Crippen LogP contribution in [0, 0.1) is 5.41 Å². The molecule has 1 aliphatic heterocycles. The van der Waals surface area contributed by atoms with E-state index < -0.39 is 72.0 Å². The maximum atomic E-state index is 12.4. The van der Waals surface area contributed by atoms with E-state index in [0.29, 0.717) is 4.90 Å². The van der Waals surface area contributed by atoms with Crippen LogP contribution in [0.2, 0.25) is 0 Å². The van der Waals surface area contributed by atoms with E-state index in [1.54, 1.807) is 0 Å². The summed E-state index contributed by atoms with van der Waals surface area (Å²) in [6.07, 6.45) is -4.44. The summed E-state index contributed by atoms with van der Waals surface area (Å²) in [7, 11) is -4.05. The van der Waals surface area contributed by atoms with Gasteiger partial charge in [0.15, 0.2) is 0 Å². The van der Waals surface area contributed by atoms with Gasteiger partial charge >= 0.3 is 0 Å². The molecule has 0 aromatic heterocycles. The zero-order chi connectivity index (χ0) is 18.8. The molecular weight excluding hydrogens is 348 g/mol. The fourth-order valence-corrected chi connectivity index (χ4v) is 3.28. The van der Waals surface area contributed by atoms with Crippen LogP contribution in [0.3, 0.4) is 0 Å². The summed E-state index contributed by atoms with van der Waals surface area (Å²) in [5.74, 6) is -1.95. The van der Waals surface area contributed by atoms with Crippen molar-refractivity contribution in [1.82, 2.24) is 9.21 Å². The molecule has 1 saturated heterocycles. The molecule has 1 aliphatic rings. The fourth-order valence-electron chi connectivity index (χ4n) is 2.58. The van der Waals surface area contributed by atoms with Gasteiger partial charge in [0.1, 0.15) is 24.9 Å². The molecule has 0 aliphatic carbocycles. The van der Waals surface area contributed by atoms with Crippen LogP contribution in [-0.2, 0) is 14.8 Å². The number of hydrogen-bond donors (Lipinski definition) is 7. The first kappa shape index (κ1) is 20.5. The predicted molar refractivity (Wildman–Crippen MR) is 80.1 cm³/mol. The quantitative estimate of drug-likeness (QED) is 0.182. The number of amides is 1. The van der Waals surface area contributed by atoms with Gasteiger partial charge in [0.05, 0.1) is 31.6 Å². The number of nitrogens with two attached hydrogens (primary N) is 1. The van der Waals surface area contributed by atoms with E-state index in [2.05, 4.69) is 0 Å². The number of guanidine groups is 1. The van der Waals surface area contributed by atoms with Gasteiger partial charge in [-0.15, -0.1) is 0 Å². The van der Waals surface area contributed by atoms with Crippen molar-refractivity contribution in [2.75, 3.05) is 26.0 Å². The summed E-state index contributed by atoms with van der Waals surface area (Å²) < 4.78 is 23.4. The highest BCUT2D eigenvalue weighted by Crippen LogP contribution is 2.25. The number of nitrogens with one attached hydrogen (secondary N) is 1. The number of hydrogen-bond acceptors (Lipinski definition) is 9. The van der Waals surface area contributed by atoms with Crippen LogP contribution in [0.4, 0.5) is 0 Å². The van der Waals surface area contributed by atoms with E-state index in [1.165, 1.54) is 0 Å². The number of carbonyl (C=O) groups is 1. The third kappa shape index (κ3) is 3.93. The number of carbonyl (C=O) groups excluding carboxylic acids is 1. The first-order valence-electron chi connectivity index (χ1n) is 6.86. The topological polar surface area (TPSA) is 209 Å². The maximum Gasteiger partial charge on any atom is 0.244 e. The molecular formula is C11H22N4O8S. The van der Waals surface area contributed by atoms with Crippen LogP contribution in [0.25, 0.3) is 0 Å². The van der Waals surface area contributed by atoms with Crippen LogP contribution in [0.15, 0.2) is 0 Å². The molecule has 140 valence electrons. The largest absolute Gasteiger partial charge is 0.394 e. The van der Waals surface area contributed by atoms with Gasteiger partial charge in [0.2, 0.25) is 21.9 Å². The maximum absolute atomic E-state index is 12.4. The SMILES string of the molecule is CS(=O)(=O)N(CC(=O)N1[C@H](CO)[C@H](O)[C@@H](O)[C@H](O)[C@H]1CO)C(=N)N. The Morgan fingerprint density at radius 3 is 1.83 bits per heavy atom. The summed E-state index contributed by atoms with van der Waals surface area (Å²) in [6.45, 7) is -2.56. The molecule has 0 aromatic carbocycles. The highest BCUT2D eigenvalue weighted by atomic mass is 32.2. The molecule has 24 heavy (non-hydrogen) atoms. The van der Waals surface area contributed by atoms with Crippen molar-refractivity contribution in [3.05, 3.63) is 0 Å². The van der Waals surface area contributed by atoms with E-state index in [4.69, 9.17) is 11.1 Å². The summed E-state index contributed by atoms with van der Waals surface area (Å²) in [5.41, 5.74) is 5.13. The monoisotopic (exact) mass is 370 g/mol. The Balaban J connectivity index is 3.18. The van der Waals surface area contributed by atoms with E-state index >= 15 is 0 Å². The number of aliphatic hydroxyl groups excluding tert-OH is 5. The molecule has 1 amide bonds. The highest BCUT2D eigenvalue weighted by molar-refractivity contribution is 7.88. The molecule has 0 aromatic rings. The van der Waals surface area contributed by atoms with Crippen molar-refractivity contribution in [2.24, 2.45) is 5.73 Å². The van der Waals surface area contributed by atoms with Crippen LogP contribution in [0.5, 0.6) is 0 Å². The normalized spacial score (nSPS) is 30.9. The molecule has 0 saturated carbocycles. The lowest BCUT2D eigenvalue weighted by atomic mass is 9.88. The van der Waals surface area contributed by atoms with Gasteiger partial charge in [-0.25, -0.2) is 12.7 Å². The van der Waals surface area contributed by atoms with Crippen molar-refractivity contribution < 1.29 is 38.7 Å². The Hall–Kier alpha value is -1.51. The summed E-state index contributed by atoms with van der Waals surface area (Å²) in [5, 5.41) is 55.5. The molecule has 0 bridgehead atoms. The lowest BCUT2D eigenvalue weighted by Crippen LogP contribution is -2.70. The molecule has 5 atom stereocenters. The van der Waals surface area contributed by atoms with Crippen molar-refractivity contribution in [2.45, 2.75) is 30.4 Å². The summed E-state index contributed by atoms with van der Waals surface area (Å²) in [4.78, 5) is 13.1. The minimum atomic E-state index is -4.05. The lowest BCUT2D eigenvalue weighted by Gasteiger charge is -2.48. The third-order valence-electron chi connectivity index (χ3n) is 3.81. The molecule has 8 N–H and O–H groups in total. The number of aliphatic hydroxyl groups is 5. The molecule has 0 spiro atoms. The zero-order valence-corrected chi connectivity index (χ0v) is 13.7. The Labute approximate surface area is 138 Å². The number of nitrogens with zero attached hydrogens (tertiary/aromatic N) is 2. The highest BCUT2D eigenvalue weighted by Gasteiger charge is 2.49. The van der Waals surface area contributed by atoms with Crippen molar-refractivity contribution >= 4 is 21.9 Å². The second-order valence-corrected chi connectivity index (χ2v) is 7.33. The minimum Gasteiger partial charge on any atom is -0.394 e. The Bertz CT molecular complexity index is 567. The van der Waals surface area contributed by atoms with E-state index in [9.17, 15) is 38.7 Å². The molecule has 12 nitrogen and oxygen atoms in total. The van der Waals surface area contributed by atoms with Gasteiger partial charge in [-0.2, -0.15) is 0 Å². The van der Waals surface area contributed by atoms with Gasteiger partial charge in [-0.3, -0.25) is 10.2 Å². The average Bonchev–Trinajstić information content (AvgIpc) is 2.48. The predicted octanol–water partition coefficient (Wildman–Crippen LogP) is -5.21. The zero-order valence-electron chi connectivity index (χ0n) is 12.8. The van der Waals surface area contributed by atoms with Gasteiger partial charge in [0, 0.05) is 0 Å². The van der Waals surface area contributed by atoms with E-state index in [1.807, 2.05) is 0 Å². The molecule has 0 unspecified atom stereocenters. The standard InChI is InChI=1S/C11H22N4O8S/c1-24(22,23)14(11(12)13)2-7(18)15-5(3-16)8(19)10(21)9(20)6(15)4-17/h5-6,8-10,16-17,19-21H,2-4H2,1H3,(H3,12,13)/t5-,6-,8-,9+,10+/m1/s1. The molecule has 13 heteroatoms. The molecule has 1 heterocycles. The Morgan fingerprint density at radius 2 is 1.54 bits per heavy atom. The number of rotatable bonds is 5. The number of likely N-dealkylation sites (tertiary alicyclic amines) is 1. The molecule has 1 fully saturated rings. The third-order valence-corrected chi connectivity index (χ3v) is 4.94. The van der Waals surface area contributed by atoms with Gasteiger partial charge < -0.3 is 36.2 Å². The van der Waals surface area contributed by atoms with Gasteiger partial charge in [0.25, 0.3) is 0 Å². The lowest BCUT2D eigenvalue weighted by molar-refractivity contribution is -0.187. The van der Waals surface area contributed by atoms with Crippen LogP contribution >= 0.6 is 0 Å². The van der Waals surface area contributed by atoms with Crippen LogP contribution in [0.1, 0.15) is 0 Å². The average molecular weight is 370 g/mol. The van der Waals surface area contributed by atoms with Gasteiger partial charge in [-0.05, 0) is 0 Å². The van der Waals surface area contributed by atoms with Crippen LogP contribution in [-0.4, -0.2) is 111 Å². The van der Waals surface area contributed by atoms with Crippen molar-refractivity contribution in [3.63, 3.8) is 0 Å². The summed E-state index contributed by atoms with van der Waals surface area (Å²) in [6, 6.07) is -2.78. The van der Waals surface area contributed by atoms with Gasteiger partial charge in [-0.1, -0.05) is 0 Å². The Morgan fingerprint density at radius 1 is 1.12 bits per heavy atom. The second kappa shape index (κ2) is 7.58. The van der Waals surface area contributed by atoms with E-state index in [-0.39, 0.29) is 4.31 Å². The summed E-state index contributed by atoms with van der Waals surface area (Å²) >= 11 is 0. The first-order valence-corrected chi connectivity index (χ1v) is 8.71. The van der Waals surface area contributed by atoms with Crippen molar-refractivity contribution in [1.29, 1.82) is 5.41 Å². The Kier molecular flexibility index (Phi) is 6.49. The van der Waals surface area contributed by atoms with Crippen LogP contribution < -0.4 is 5.73 Å². The second-order valence-electron chi connectivity index (χ2n) is 5.43. The first-order chi connectivity index (χ1) is 11.0. The smallest absolute Gasteiger partial charge is 0.244 e. The minimum absolute atomic E-state index is 0.280. The molecule has 0 radical (unpaired) electrons. The number of piperidine rings is 1. The molecule has 1 rings (SSSR count).